The summed E-state index contributed by atoms with van der Waals surface area (Å²) in [5.74, 6) is 1.33. The Hall–Kier alpha value is -2.47. The van der Waals surface area contributed by atoms with Crippen LogP contribution >= 0.6 is 0 Å². The van der Waals surface area contributed by atoms with Crippen LogP contribution in [0, 0.1) is 12.3 Å². The number of hydrogen-bond donors (Lipinski definition) is 2. The van der Waals surface area contributed by atoms with Gasteiger partial charge in [0.25, 0.3) is 0 Å². The Balaban J connectivity index is 1.44. The van der Waals surface area contributed by atoms with Crippen LogP contribution in [-0.4, -0.2) is 44.7 Å². The van der Waals surface area contributed by atoms with Crippen molar-refractivity contribution in [2.75, 3.05) is 25.0 Å². The molecule has 1 atom stereocenters. The number of aryl methyl sites for hydroxylation is 1. The molecule has 4 rings (SSSR count). The van der Waals surface area contributed by atoms with Gasteiger partial charge in [-0.2, -0.15) is 5.10 Å². The number of aromatic nitrogens is 4. The van der Waals surface area contributed by atoms with Gasteiger partial charge < -0.3 is 10.2 Å². The van der Waals surface area contributed by atoms with Gasteiger partial charge in [0.1, 0.15) is 0 Å². The predicted molar refractivity (Wildman–Crippen MR) is 113 cm³/mol. The van der Waals surface area contributed by atoms with Crippen LogP contribution in [0.3, 0.4) is 0 Å². The topological polar surface area (TPSA) is 69.7 Å². The molecule has 28 heavy (non-hydrogen) atoms. The van der Waals surface area contributed by atoms with Crippen LogP contribution in [0.25, 0.3) is 11.0 Å². The first-order valence-electron chi connectivity index (χ1n) is 10.1. The molecule has 148 valence electrons. The zero-order chi connectivity index (χ0) is 19.7. The smallest absolute Gasteiger partial charge is 0.157 e. The van der Waals surface area contributed by atoms with Crippen molar-refractivity contribution in [2.45, 2.75) is 46.6 Å². The summed E-state index contributed by atoms with van der Waals surface area (Å²) in [6, 6.07) is 10.4. The van der Waals surface area contributed by atoms with Crippen molar-refractivity contribution in [3.8, 4) is 0 Å². The number of H-pyrrole nitrogens is 1. The molecule has 6 nitrogen and oxygen atoms in total. The summed E-state index contributed by atoms with van der Waals surface area (Å²) in [7, 11) is 0. The van der Waals surface area contributed by atoms with E-state index in [1.165, 1.54) is 12.1 Å². The molecule has 0 bridgehead atoms. The van der Waals surface area contributed by atoms with Gasteiger partial charge in [0.05, 0.1) is 17.6 Å². The highest BCUT2D eigenvalue weighted by atomic mass is 15.2. The molecule has 0 amide bonds. The summed E-state index contributed by atoms with van der Waals surface area (Å²) in [5.41, 5.74) is 4.38. The standard InChI is InChI=1S/C22H30N6/c1-15-6-5-7-17(24-15)12-23-20-18-8-9-19(25-21(18)27-26-20)16-10-11-28(13-16)14-22(2,3)4/h5-9,16H,10-14H2,1-4H3,(H2,23,25,26,27)/t16-/m1/s1. The summed E-state index contributed by atoms with van der Waals surface area (Å²) in [6.07, 6.45) is 1.17. The SMILES string of the molecule is Cc1cccc(CNc2n[nH]c3nc([C@@H]4CCN(CC(C)(C)C)C4)ccc23)n1. The number of hydrogen-bond acceptors (Lipinski definition) is 5. The lowest BCUT2D eigenvalue weighted by atomic mass is 9.96. The van der Waals surface area contributed by atoms with Crippen molar-refractivity contribution in [1.29, 1.82) is 0 Å². The molecule has 3 aromatic heterocycles. The number of nitrogens with one attached hydrogen (secondary N) is 2. The normalized spacial score (nSPS) is 18.1. The summed E-state index contributed by atoms with van der Waals surface area (Å²) >= 11 is 0. The fourth-order valence-electron chi connectivity index (χ4n) is 4.04. The predicted octanol–water partition coefficient (Wildman–Crippen LogP) is 4.11. The Morgan fingerprint density at radius 1 is 1.18 bits per heavy atom. The van der Waals surface area contributed by atoms with E-state index in [1.54, 1.807) is 0 Å². The van der Waals surface area contributed by atoms with Crippen LogP contribution < -0.4 is 5.32 Å². The Labute approximate surface area is 166 Å². The van der Waals surface area contributed by atoms with Crippen LogP contribution in [-0.2, 0) is 6.54 Å². The van der Waals surface area contributed by atoms with E-state index in [0.717, 1.165) is 47.9 Å². The van der Waals surface area contributed by atoms with Gasteiger partial charge in [-0.05, 0) is 49.6 Å². The van der Waals surface area contributed by atoms with Gasteiger partial charge in [-0.25, -0.2) is 4.98 Å². The quantitative estimate of drug-likeness (QED) is 0.699. The molecule has 0 saturated carbocycles. The number of anilines is 1. The second-order valence-corrected chi connectivity index (χ2v) is 9.11. The zero-order valence-electron chi connectivity index (χ0n) is 17.3. The minimum atomic E-state index is 0.336. The van der Waals surface area contributed by atoms with E-state index in [2.05, 4.69) is 58.3 Å². The lowest BCUT2D eigenvalue weighted by Gasteiger charge is -2.26. The van der Waals surface area contributed by atoms with Gasteiger partial charge in [0.2, 0.25) is 0 Å². The largest absolute Gasteiger partial charge is 0.362 e. The van der Waals surface area contributed by atoms with Gasteiger partial charge in [0.15, 0.2) is 11.5 Å². The molecule has 0 aliphatic carbocycles. The molecule has 2 N–H and O–H groups in total. The maximum atomic E-state index is 4.88. The Morgan fingerprint density at radius 3 is 2.82 bits per heavy atom. The summed E-state index contributed by atoms with van der Waals surface area (Å²) in [5, 5.41) is 11.9. The molecule has 0 unspecified atom stereocenters. The fourth-order valence-corrected chi connectivity index (χ4v) is 4.04. The first-order chi connectivity index (χ1) is 13.4. The highest BCUT2D eigenvalue weighted by Crippen LogP contribution is 2.30. The van der Waals surface area contributed by atoms with E-state index in [4.69, 9.17) is 4.98 Å². The molecule has 0 aromatic carbocycles. The van der Waals surface area contributed by atoms with Crippen LogP contribution in [0.4, 0.5) is 5.82 Å². The number of pyridine rings is 2. The first kappa shape index (κ1) is 18.9. The Kier molecular flexibility index (Phi) is 5.06. The molecule has 3 aromatic rings. The van der Waals surface area contributed by atoms with Gasteiger partial charge >= 0.3 is 0 Å². The van der Waals surface area contributed by atoms with Crippen molar-refractivity contribution in [2.24, 2.45) is 5.41 Å². The van der Waals surface area contributed by atoms with Crippen LogP contribution in [0.1, 0.15) is 50.2 Å². The highest BCUT2D eigenvalue weighted by Gasteiger charge is 2.28. The van der Waals surface area contributed by atoms with Crippen molar-refractivity contribution < 1.29 is 0 Å². The number of nitrogens with zero attached hydrogens (tertiary/aromatic N) is 4. The minimum Gasteiger partial charge on any atom is -0.362 e. The van der Waals surface area contributed by atoms with Gasteiger partial charge in [0, 0.05) is 30.4 Å². The first-order valence-corrected chi connectivity index (χ1v) is 10.1. The minimum absolute atomic E-state index is 0.336. The molecule has 0 radical (unpaired) electrons. The maximum Gasteiger partial charge on any atom is 0.157 e. The van der Waals surface area contributed by atoms with Gasteiger partial charge in [-0.3, -0.25) is 10.1 Å². The zero-order valence-corrected chi connectivity index (χ0v) is 17.3. The van der Waals surface area contributed by atoms with Crippen LogP contribution in [0.2, 0.25) is 0 Å². The molecule has 0 spiro atoms. The number of aromatic amines is 1. The third-order valence-electron chi connectivity index (χ3n) is 5.22. The van der Waals surface area contributed by atoms with Gasteiger partial charge in [-0.1, -0.05) is 26.8 Å². The van der Waals surface area contributed by atoms with E-state index in [9.17, 15) is 0 Å². The van der Waals surface area contributed by atoms with E-state index >= 15 is 0 Å². The fraction of sp³-hybridized carbons (Fsp3) is 0.500. The molecule has 1 saturated heterocycles. The van der Waals surface area contributed by atoms with Gasteiger partial charge in [-0.15, -0.1) is 0 Å². The van der Waals surface area contributed by atoms with E-state index in [1.807, 2.05) is 25.1 Å². The van der Waals surface area contributed by atoms with Crippen molar-refractivity contribution in [3.63, 3.8) is 0 Å². The number of rotatable bonds is 5. The molecular weight excluding hydrogens is 348 g/mol. The average molecular weight is 379 g/mol. The van der Waals surface area contributed by atoms with E-state index in [0.29, 0.717) is 17.9 Å². The Morgan fingerprint density at radius 2 is 2.04 bits per heavy atom. The van der Waals surface area contributed by atoms with Crippen molar-refractivity contribution >= 4 is 16.9 Å². The summed E-state index contributed by atoms with van der Waals surface area (Å²) in [6.45, 7) is 12.9. The van der Waals surface area contributed by atoms with E-state index in [-0.39, 0.29) is 0 Å². The van der Waals surface area contributed by atoms with Crippen LogP contribution in [0.15, 0.2) is 30.3 Å². The molecule has 1 aliphatic rings. The number of fused-ring (bicyclic) bond motifs is 1. The lowest BCUT2D eigenvalue weighted by Crippen LogP contribution is -2.30. The van der Waals surface area contributed by atoms with E-state index < -0.39 is 0 Å². The monoisotopic (exact) mass is 378 g/mol. The average Bonchev–Trinajstić information content (AvgIpc) is 3.25. The molecular formula is C22H30N6. The third kappa shape index (κ3) is 4.33. The molecule has 6 heteroatoms. The third-order valence-corrected chi connectivity index (χ3v) is 5.22. The summed E-state index contributed by atoms with van der Waals surface area (Å²) < 4.78 is 0. The highest BCUT2D eigenvalue weighted by molar-refractivity contribution is 5.87. The molecule has 1 aliphatic heterocycles. The number of likely N-dealkylation sites (tertiary alicyclic amines) is 1. The second-order valence-electron chi connectivity index (χ2n) is 9.11. The van der Waals surface area contributed by atoms with Crippen LogP contribution in [0.5, 0.6) is 0 Å². The Bertz CT molecular complexity index is 955. The lowest BCUT2D eigenvalue weighted by molar-refractivity contribution is 0.225. The van der Waals surface area contributed by atoms with Crippen molar-refractivity contribution in [1.82, 2.24) is 25.1 Å². The molecule has 1 fully saturated rings. The second kappa shape index (κ2) is 7.51. The summed E-state index contributed by atoms with van der Waals surface area (Å²) in [4.78, 5) is 12.0. The van der Waals surface area contributed by atoms with Crippen molar-refractivity contribution in [3.05, 3.63) is 47.4 Å². The maximum absolute atomic E-state index is 4.88. The molecule has 4 heterocycles.